The fourth-order valence-corrected chi connectivity index (χ4v) is 6.68. The maximum absolute atomic E-state index is 13.0. The lowest BCUT2D eigenvalue weighted by atomic mass is 10.0. The number of alkyl halides is 3. The third-order valence-electron chi connectivity index (χ3n) is 4.89. The van der Waals surface area contributed by atoms with Crippen molar-refractivity contribution >= 4 is 44.5 Å². The standard InChI is InChI=1S/C23H19F3N2O6S3/c1-12(2)9-13-3-5-14(6-4-13)18-10-16(21(36-18)33-22(29)30)28-37(31,32)20-8-7-17(35-20)15-11-19(34-27-15)23(24,25)26/h3-8,10-12,28H,9H2,1-2H3,(H,29,30). The van der Waals surface area contributed by atoms with E-state index in [1.807, 2.05) is 24.3 Å². The van der Waals surface area contributed by atoms with E-state index in [-0.39, 0.29) is 25.5 Å². The van der Waals surface area contributed by atoms with Crippen molar-refractivity contribution in [2.75, 3.05) is 4.72 Å². The Morgan fingerprint density at radius 1 is 1.11 bits per heavy atom. The van der Waals surface area contributed by atoms with E-state index in [4.69, 9.17) is 9.84 Å². The number of halogens is 3. The highest BCUT2D eigenvalue weighted by atomic mass is 32.2. The number of nitrogens with zero attached hydrogens (tertiary/aromatic N) is 1. The first-order valence-corrected chi connectivity index (χ1v) is 13.7. The highest BCUT2D eigenvalue weighted by Crippen LogP contribution is 2.43. The summed E-state index contributed by atoms with van der Waals surface area (Å²) in [6.45, 7) is 4.20. The topological polar surface area (TPSA) is 119 Å². The van der Waals surface area contributed by atoms with Crippen LogP contribution in [0.3, 0.4) is 0 Å². The minimum absolute atomic E-state index is 0.0931. The molecule has 0 amide bonds. The highest BCUT2D eigenvalue weighted by Gasteiger charge is 2.36. The quantitative estimate of drug-likeness (QED) is 0.214. The third-order valence-corrected chi connectivity index (χ3v) is 8.92. The van der Waals surface area contributed by atoms with Gasteiger partial charge in [-0.3, -0.25) is 4.72 Å². The SMILES string of the molecule is CC(C)Cc1ccc(-c2cc(NS(=O)(=O)c3ccc(-c4cc(C(F)(F)F)on4)s3)c(OC(=O)O)s2)cc1. The van der Waals surface area contributed by atoms with Gasteiger partial charge < -0.3 is 14.4 Å². The zero-order valence-electron chi connectivity index (χ0n) is 19.2. The molecule has 0 saturated heterocycles. The molecule has 0 atom stereocenters. The van der Waals surface area contributed by atoms with Crippen LogP contribution < -0.4 is 9.46 Å². The molecule has 4 aromatic rings. The first-order valence-electron chi connectivity index (χ1n) is 10.6. The second kappa shape index (κ2) is 10.2. The molecule has 0 bridgehead atoms. The molecular weight excluding hydrogens is 553 g/mol. The van der Waals surface area contributed by atoms with Gasteiger partial charge >= 0.3 is 12.3 Å². The van der Waals surface area contributed by atoms with Gasteiger partial charge in [0.2, 0.25) is 10.8 Å². The predicted molar refractivity (Wildman–Crippen MR) is 133 cm³/mol. The van der Waals surface area contributed by atoms with Gasteiger partial charge in [-0.1, -0.05) is 54.6 Å². The molecule has 196 valence electrons. The summed E-state index contributed by atoms with van der Waals surface area (Å²) >= 11 is 1.62. The Morgan fingerprint density at radius 3 is 2.41 bits per heavy atom. The summed E-state index contributed by atoms with van der Waals surface area (Å²) in [5, 5.41) is 12.3. The van der Waals surface area contributed by atoms with Crippen molar-refractivity contribution in [3.05, 3.63) is 59.9 Å². The van der Waals surface area contributed by atoms with Gasteiger partial charge in [-0.25, -0.2) is 13.2 Å². The maximum Gasteiger partial charge on any atom is 0.512 e. The fraction of sp³-hybridized carbons (Fsp3) is 0.217. The summed E-state index contributed by atoms with van der Waals surface area (Å²) in [4.78, 5) is 11.9. The average Bonchev–Trinajstić information content (AvgIpc) is 3.53. The molecule has 4 rings (SSSR count). The Bertz CT molecular complexity index is 1520. The molecular formula is C23H19F3N2O6S3. The van der Waals surface area contributed by atoms with Gasteiger partial charge in [0.1, 0.15) is 15.6 Å². The van der Waals surface area contributed by atoms with E-state index in [1.165, 1.54) is 18.2 Å². The van der Waals surface area contributed by atoms with Crippen LogP contribution in [-0.2, 0) is 22.6 Å². The normalized spacial score (nSPS) is 12.2. The molecule has 14 heteroatoms. The number of sulfonamides is 1. The number of ether oxygens (including phenoxy) is 1. The Hall–Kier alpha value is -3.36. The van der Waals surface area contributed by atoms with E-state index in [1.54, 1.807) is 0 Å². The Kier molecular flexibility index (Phi) is 7.35. The van der Waals surface area contributed by atoms with Crippen LogP contribution in [0.5, 0.6) is 5.06 Å². The van der Waals surface area contributed by atoms with Crippen molar-refractivity contribution in [2.24, 2.45) is 5.92 Å². The predicted octanol–water partition coefficient (Wildman–Crippen LogP) is 7.21. The highest BCUT2D eigenvalue weighted by molar-refractivity contribution is 7.94. The summed E-state index contributed by atoms with van der Waals surface area (Å²) in [5.41, 5.74) is 1.60. The van der Waals surface area contributed by atoms with Crippen LogP contribution >= 0.6 is 22.7 Å². The van der Waals surface area contributed by atoms with Crippen LogP contribution in [-0.4, -0.2) is 24.8 Å². The molecule has 0 spiro atoms. The molecule has 1 aromatic carbocycles. The average molecular weight is 573 g/mol. The number of thiophene rings is 2. The van der Waals surface area contributed by atoms with Crippen LogP contribution in [0.4, 0.5) is 23.7 Å². The summed E-state index contributed by atoms with van der Waals surface area (Å²) in [6.07, 6.45) is -5.46. The maximum atomic E-state index is 13.0. The van der Waals surface area contributed by atoms with Crippen molar-refractivity contribution in [1.82, 2.24) is 5.16 Å². The number of hydrogen-bond acceptors (Lipinski definition) is 8. The van der Waals surface area contributed by atoms with Gasteiger partial charge in [0, 0.05) is 10.9 Å². The summed E-state index contributed by atoms with van der Waals surface area (Å²) in [6, 6.07) is 12.2. The number of carbonyl (C=O) groups is 1. The number of nitrogens with one attached hydrogen (secondary N) is 1. The molecule has 0 aliphatic rings. The zero-order chi connectivity index (χ0) is 27.0. The molecule has 8 nitrogen and oxygen atoms in total. The molecule has 0 aliphatic heterocycles. The van der Waals surface area contributed by atoms with Crippen molar-refractivity contribution in [3.8, 4) is 26.1 Å². The minimum Gasteiger partial charge on any atom is -0.449 e. The molecule has 2 N–H and O–H groups in total. The Labute approximate surface area is 217 Å². The lowest BCUT2D eigenvalue weighted by Gasteiger charge is -2.06. The molecule has 37 heavy (non-hydrogen) atoms. The van der Waals surface area contributed by atoms with Gasteiger partial charge in [-0.2, -0.15) is 13.2 Å². The number of anilines is 1. The summed E-state index contributed by atoms with van der Waals surface area (Å²) < 4.78 is 75.6. The molecule has 3 heterocycles. The lowest BCUT2D eigenvalue weighted by molar-refractivity contribution is -0.155. The molecule has 3 aromatic heterocycles. The van der Waals surface area contributed by atoms with E-state index < -0.39 is 28.1 Å². The van der Waals surface area contributed by atoms with Crippen molar-refractivity contribution in [2.45, 2.75) is 30.7 Å². The monoisotopic (exact) mass is 572 g/mol. The van der Waals surface area contributed by atoms with E-state index >= 15 is 0 Å². The first kappa shape index (κ1) is 26.7. The summed E-state index contributed by atoms with van der Waals surface area (Å²) in [5.74, 6) is -0.838. The first-order chi connectivity index (χ1) is 17.3. The fourth-order valence-electron chi connectivity index (χ4n) is 3.34. The van der Waals surface area contributed by atoms with Gasteiger partial charge in [-0.05, 0) is 41.7 Å². The summed E-state index contributed by atoms with van der Waals surface area (Å²) in [7, 11) is -4.25. The Balaban J connectivity index is 1.60. The second-order valence-corrected chi connectivity index (χ2v) is 12.3. The number of benzene rings is 1. The third kappa shape index (κ3) is 6.32. The van der Waals surface area contributed by atoms with E-state index in [0.29, 0.717) is 28.2 Å². The molecule has 0 radical (unpaired) electrons. The number of carboxylic acid groups (broad SMARTS) is 1. The van der Waals surface area contributed by atoms with E-state index in [2.05, 4.69) is 28.2 Å². The minimum atomic E-state index is -4.73. The van der Waals surface area contributed by atoms with E-state index in [0.717, 1.165) is 28.9 Å². The zero-order valence-corrected chi connectivity index (χ0v) is 21.6. The number of rotatable bonds is 8. The van der Waals surface area contributed by atoms with Gasteiger partial charge in [0.25, 0.3) is 10.0 Å². The smallest absolute Gasteiger partial charge is 0.449 e. The van der Waals surface area contributed by atoms with Crippen LogP contribution in [0, 0.1) is 5.92 Å². The van der Waals surface area contributed by atoms with Crippen LogP contribution in [0.25, 0.3) is 21.0 Å². The van der Waals surface area contributed by atoms with Gasteiger partial charge in [0.05, 0.1) is 4.88 Å². The number of aromatic nitrogens is 1. The molecule has 0 aliphatic carbocycles. The molecule has 0 fully saturated rings. The van der Waals surface area contributed by atoms with E-state index in [9.17, 15) is 26.4 Å². The van der Waals surface area contributed by atoms with Crippen molar-refractivity contribution in [1.29, 1.82) is 0 Å². The van der Waals surface area contributed by atoms with Crippen molar-refractivity contribution < 1.29 is 40.8 Å². The van der Waals surface area contributed by atoms with Crippen LogP contribution in [0.1, 0.15) is 25.2 Å². The van der Waals surface area contributed by atoms with Crippen LogP contribution in [0.2, 0.25) is 0 Å². The van der Waals surface area contributed by atoms with Crippen LogP contribution in [0.15, 0.2) is 57.3 Å². The van der Waals surface area contributed by atoms with Gasteiger partial charge in [0.15, 0.2) is 0 Å². The number of hydrogen-bond donors (Lipinski definition) is 2. The Morgan fingerprint density at radius 2 is 1.81 bits per heavy atom. The second-order valence-electron chi connectivity index (χ2n) is 8.27. The molecule has 0 unspecified atom stereocenters. The van der Waals surface area contributed by atoms with Gasteiger partial charge in [-0.15, -0.1) is 11.3 Å². The molecule has 0 saturated carbocycles. The van der Waals surface area contributed by atoms with Crippen molar-refractivity contribution in [3.63, 3.8) is 0 Å². The lowest BCUT2D eigenvalue weighted by Crippen LogP contribution is -2.12. The largest absolute Gasteiger partial charge is 0.512 e.